The quantitative estimate of drug-likeness (QED) is 0.521. The van der Waals surface area contributed by atoms with Crippen LogP contribution in [0.2, 0.25) is 0 Å². The van der Waals surface area contributed by atoms with Gasteiger partial charge in [-0.25, -0.2) is 0 Å². The molecule has 2 aliphatic carbocycles. The summed E-state index contributed by atoms with van der Waals surface area (Å²) in [5.74, 6) is 0.594. The van der Waals surface area contributed by atoms with Gasteiger partial charge in [-0.05, 0) is 47.3 Å². The Morgan fingerprint density at radius 1 is 0.870 bits per heavy atom. The van der Waals surface area contributed by atoms with E-state index in [1.165, 1.54) is 23.1 Å². The molecule has 0 amide bonds. The molecule has 23 heavy (non-hydrogen) atoms. The molecule has 2 aliphatic rings. The summed E-state index contributed by atoms with van der Waals surface area (Å²) in [5, 5.41) is 0. The van der Waals surface area contributed by atoms with Crippen LogP contribution in [-0.4, -0.2) is 0 Å². The Kier molecular flexibility index (Phi) is 4.12. The molecule has 0 radical (unpaired) electrons. The molecule has 0 heterocycles. The van der Waals surface area contributed by atoms with E-state index >= 15 is 0 Å². The molecular weight excluding hydrogens is 276 g/mol. The summed E-state index contributed by atoms with van der Waals surface area (Å²) in [4.78, 5) is 0. The molecule has 1 atom stereocenters. The van der Waals surface area contributed by atoms with Crippen LogP contribution in [0.5, 0.6) is 0 Å². The van der Waals surface area contributed by atoms with Crippen LogP contribution in [0.15, 0.2) is 54.1 Å². The van der Waals surface area contributed by atoms with Gasteiger partial charge < -0.3 is 0 Å². The fourth-order valence-corrected chi connectivity index (χ4v) is 4.44. The highest BCUT2D eigenvalue weighted by molar-refractivity contribution is 5.75. The third kappa shape index (κ3) is 2.84. The second kappa shape index (κ2) is 5.82. The van der Waals surface area contributed by atoms with Gasteiger partial charge in [0.25, 0.3) is 0 Å². The van der Waals surface area contributed by atoms with E-state index in [0.717, 1.165) is 12.8 Å². The van der Waals surface area contributed by atoms with Gasteiger partial charge in [-0.15, -0.1) is 0 Å². The first kappa shape index (κ1) is 16.3. The molecule has 0 heteroatoms. The molecule has 1 aromatic carbocycles. The lowest BCUT2D eigenvalue weighted by Crippen LogP contribution is -2.33. The topological polar surface area (TPSA) is 0 Å². The Morgan fingerprint density at radius 2 is 1.57 bits per heavy atom. The summed E-state index contributed by atoms with van der Waals surface area (Å²) in [5.41, 5.74) is 6.33. The van der Waals surface area contributed by atoms with Gasteiger partial charge >= 0.3 is 0 Å². The van der Waals surface area contributed by atoms with Gasteiger partial charge in [0.1, 0.15) is 0 Å². The van der Waals surface area contributed by atoms with Crippen LogP contribution in [0.1, 0.15) is 70.9 Å². The summed E-state index contributed by atoms with van der Waals surface area (Å²) >= 11 is 0. The van der Waals surface area contributed by atoms with Crippen LogP contribution < -0.4 is 0 Å². The minimum absolute atomic E-state index is 0.109. The Morgan fingerprint density at radius 3 is 2.22 bits per heavy atom. The molecule has 122 valence electrons. The fourth-order valence-electron chi connectivity index (χ4n) is 4.44. The van der Waals surface area contributed by atoms with Crippen molar-refractivity contribution in [2.24, 2.45) is 10.8 Å². The van der Waals surface area contributed by atoms with Crippen LogP contribution in [0.3, 0.4) is 0 Å². The van der Waals surface area contributed by atoms with Crippen LogP contribution in [0, 0.1) is 10.8 Å². The van der Waals surface area contributed by atoms with Crippen LogP contribution in [-0.2, 0) is 0 Å². The number of hydrogen-bond acceptors (Lipinski definition) is 0. The van der Waals surface area contributed by atoms with E-state index in [1.807, 2.05) is 0 Å². The SMILES string of the molecule is CC(C)c1ccc(C2=CC[C@]3(C)CC=CCC=C3C2(C)C)cc1. The van der Waals surface area contributed by atoms with Crippen molar-refractivity contribution < 1.29 is 0 Å². The lowest BCUT2D eigenvalue weighted by Gasteiger charge is -2.46. The maximum absolute atomic E-state index is 2.50. The van der Waals surface area contributed by atoms with Crippen molar-refractivity contribution in [3.05, 3.63) is 65.3 Å². The van der Waals surface area contributed by atoms with Gasteiger partial charge in [0.2, 0.25) is 0 Å². The molecule has 0 saturated carbocycles. The van der Waals surface area contributed by atoms with Crippen molar-refractivity contribution in [3.63, 3.8) is 0 Å². The fraction of sp³-hybridized carbons (Fsp3) is 0.478. The summed E-state index contributed by atoms with van der Waals surface area (Å²) in [6.45, 7) is 11.8. The number of allylic oxidation sites excluding steroid dienone is 6. The highest BCUT2D eigenvalue weighted by Crippen LogP contribution is 2.56. The van der Waals surface area contributed by atoms with Crippen molar-refractivity contribution in [2.75, 3.05) is 0 Å². The molecule has 0 fully saturated rings. The molecule has 0 unspecified atom stereocenters. The number of hydrogen-bond donors (Lipinski definition) is 0. The van der Waals surface area contributed by atoms with Gasteiger partial charge in [-0.3, -0.25) is 0 Å². The Hall–Kier alpha value is -1.56. The largest absolute Gasteiger partial charge is 0.0874 e. The van der Waals surface area contributed by atoms with Crippen molar-refractivity contribution in [3.8, 4) is 0 Å². The number of rotatable bonds is 2. The Balaban J connectivity index is 2.02. The van der Waals surface area contributed by atoms with Gasteiger partial charge in [-0.2, -0.15) is 0 Å². The summed E-state index contributed by atoms with van der Waals surface area (Å²) in [6.07, 6.45) is 13.1. The standard InChI is InChI=1S/C23H30/c1-17(2)18-10-12-19(13-11-18)20-14-16-23(5)15-8-6-7-9-21(23)22(20,3)4/h6,8-14,17H,7,15-16H2,1-5H3/t23-/m0/s1. The van der Waals surface area contributed by atoms with Crippen LogP contribution >= 0.6 is 0 Å². The van der Waals surface area contributed by atoms with E-state index in [2.05, 4.69) is 83.2 Å². The van der Waals surface area contributed by atoms with Gasteiger partial charge in [-0.1, -0.05) is 88.8 Å². The maximum atomic E-state index is 2.50. The molecule has 0 bridgehead atoms. The normalized spacial score (nSPS) is 26.3. The highest BCUT2D eigenvalue weighted by atomic mass is 14.5. The molecule has 3 rings (SSSR count). The zero-order valence-electron chi connectivity index (χ0n) is 15.3. The van der Waals surface area contributed by atoms with Crippen LogP contribution in [0.4, 0.5) is 0 Å². The monoisotopic (exact) mass is 306 g/mol. The zero-order chi connectivity index (χ0) is 16.7. The number of fused-ring (bicyclic) bond motifs is 1. The second-order valence-corrected chi connectivity index (χ2v) is 8.31. The third-order valence-electron chi connectivity index (χ3n) is 5.84. The van der Waals surface area contributed by atoms with Crippen molar-refractivity contribution in [1.29, 1.82) is 0 Å². The average molecular weight is 306 g/mol. The average Bonchev–Trinajstić information content (AvgIpc) is 2.70. The Labute approximate surface area is 142 Å². The first-order chi connectivity index (χ1) is 10.8. The van der Waals surface area contributed by atoms with Crippen molar-refractivity contribution in [1.82, 2.24) is 0 Å². The summed E-state index contributed by atoms with van der Waals surface area (Å²) < 4.78 is 0. The lowest BCUT2D eigenvalue weighted by molar-refractivity contribution is 0.326. The molecule has 0 aliphatic heterocycles. The first-order valence-electron chi connectivity index (χ1n) is 9.02. The van der Waals surface area contributed by atoms with E-state index in [9.17, 15) is 0 Å². The minimum atomic E-state index is 0.109. The predicted molar refractivity (Wildman–Crippen MR) is 101 cm³/mol. The molecule has 0 aromatic heterocycles. The smallest absolute Gasteiger partial charge is 0.0114 e. The second-order valence-electron chi connectivity index (χ2n) is 8.31. The zero-order valence-corrected chi connectivity index (χ0v) is 15.3. The molecule has 0 N–H and O–H groups in total. The Bertz CT molecular complexity index is 664. The van der Waals surface area contributed by atoms with Gasteiger partial charge in [0.15, 0.2) is 0 Å². The van der Waals surface area contributed by atoms with Crippen molar-refractivity contribution in [2.45, 2.75) is 59.8 Å². The van der Waals surface area contributed by atoms with E-state index < -0.39 is 0 Å². The van der Waals surface area contributed by atoms with Crippen molar-refractivity contribution >= 4 is 5.57 Å². The first-order valence-corrected chi connectivity index (χ1v) is 9.02. The molecule has 0 saturated heterocycles. The van der Waals surface area contributed by atoms with E-state index in [1.54, 1.807) is 5.57 Å². The molecule has 0 spiro atoms. The van der Waals surface area contributed by atoms with Gasteiger partial charge in [0, 0.05) is 5.41 Å². The predicted octanol–water partition coefficient (Wildman–Crippen LogP) is 6.91. The highest BCUT2D eigenvalue weighted by Gasteiger charge is 2.42. The summed E-state index contributed by atoms with van der Waals surface area (Å²) in [6, 6.07) is 9.24. The summed E-state index contributed by atoms with van der Waals surface area (Å²) in [7, 11) is 0. The maximum Gasteiger partial charge on any atom is 0.0114 e. The lowest BCUT2D eigenvalue weighted by atomic mass is 9.58. The molecule has 0 nitrogen and oxygen atoms in total. The number of benzene rings is 1. The van der Waals surface area contributed by atoms with Crippen LogP contribution in [0.25, 0.3) is 5.57 Å². The van der Waals surface area contributed by atoms with E-state index in [0.29, 0.717) is 5.92 Å². The van der Waals surface area contributed by atoms with E-state index in [-0.39, 0.29) is 10.8 Å². The van der Waals surface area contributed by atoms with E-state index in [4.69, 9.17) is 0 Å². The van der Waals surface area contributed by atoms with Gasteiger partial charge in [0.05, 0.1) is 0 Å². The molecular formula is C23H30. The minimum Gasteiger partial charge on any atom is -0.0874 e. The molecule has 1 aromatic rings. The third-order valence-corrected chi connectivity index (χ3v) is 5.84.